The average molecular weight is 288 g/mol. The van der Waals surface area contributed by atoms with E-state index in [1.807, 2.05) is 39.2 Å². The molecule has 0 aliphatic rings. The first-order chi connectivity index (χ1) is 10.1. The number of benzene rings is 1. The Hall–Kier alpha value is -2.34. The fraction of sp³-hybridized carbons (Fsp3) is 0.333. The van der Waals surface area contributed by atoms with Crippen molar-refractivity contribution in [3.8, 4) is 17.0 Å². The Balaban J connectivity index is 2.43. The number of nitrogens with one attached hydrogen (secondary N) is 1. The van der Waals surface area contributed by atoms with E-state index in [4.69, 9.17) is 20.4 Å². The van der Waals surface area contributed by atoms with Gasteiger partial charge in [0, 0.05) is 31.3 Å². The highest BCUT2D eigenvalue weighted by molar-refractivity contribution is 5.97. The molecule has 0 saturated carbocycles. The minimum Gasteiger partial charge on any atom is -0.493 e. The van der Waals surface area contributed by atoms with E-state index < -0.39 is 0 Å². The van der Waals surface area contributed by atoms with Crippen LogP contribution in [-0.2, 0) is 6.54 Å². The molecule has 0 atom stereocenters. The predicted molar refractivity (Wildman–Crippen MR) is 81.5 cm³/mol. The Morgan fingerprint density at radius 1 is 1.38 bits per heavy atom. The molecule has 0 saturated heterocycles. The van der Waals surface area contributed by atoms with Crippen molar-refractivity contribution in [2.45, 2.75) is 13.5 Å². The van der Waals surface area contributed by atoms with Crippen LogP contribution >= 0.6 is 0 Å². The maximum Gasteiger partial charge on any atom is 0.150 e. The van der Waals surface area contributed by atoms with Crippen LogP contribution in [0.15, 0.2) is 28.8 Å². The third-order valence-corrected chi connectivity index (χ3v) is 3.04. The third kappa shape index (κ3) is 3.22. The third-order valence-electron chi connectivity index (χ3n) is 3.04. The molecule has 3 N–H and O–H groups in total. The van der Waals surface area contributed by atoms with Crippen LogP contribution < -0.4 is 10.5 Å². The summed E-state index contributed by atoms with van der Waals surface area (Å²) in [6.07, 6.45) is 0. The lowest BCUT2D eigenvalue weighted by Gasteiger charge is -2.16. The van der Waals surface area contributed by atoms with Gasteiger partial charge >= 0.3 is 0 Å². The summed E-state index contributed by atoms with van der Waals surface area (Å²) < 4.78 is 10.8. The first-order valence-corrected chi connectivity index (χ1v) is 6.76. The Morgan fingerprint density at radius 3 is 2.71 bits per heavy atom. The van der Waals surface area contributed by atoms with Gasteiger partial charge in [-0.3, -0.25) is 5.41 Å². The van der Waals surface area contributed by atoms with Gasteiger partial charge in [0.15, 0.2) is 5.76 Å². The van der Waals surface area contributed by atoms with E-state index in [-0.39, 0.29) is 0 Å². The summed E-state index contributed by atoms with van der Waals surface area (Å²) in [7, 11) is 3.67. The molecule has 0 amide bonds. The van der Waals surface area contributed by atoms with E-state index >= 15 is 0 Å². The summed E-state index contributed by atoms with van der Waals surface area (Å²) in [5.41, 5.74) is 7.83. The second-order valence-corrected chi connectivity index (χ2v) is 4.77. The molecule has 0 spiro atoms. The number of ether oxygens (including phenoxy) is 1. The molecule has 1 aromatic heterocycles. The Morgan fingerprint density at radius 2 is 2.14 bits per heavy atom. The molecule has 6 heteroatoms. The van der Waals surface area contributed by atoms with Gasteiger partial charge in [0.1, 0.15) is 17.3 Å². The van der Waals surface area contributed by atoms with Crippen LogP contribution in [0, 0.1) is 5.41 Å². The molecule has 0 aliphatic carbocycles. The van der Waals surface area contributed by atoms with Crippen molar-refractivity contribution in [1.29, 1.82) is 5.41 Å². The van der Waals surface area contributed by atoms with Gasteiger partial charge in [-0.2, -0.15) is 0 Å². The zero-order valence-electron chi connectivity index (χ0n) is 12.5. The van der Waals surface area contributed by atoms with E-state index in [0.717, 1.165) is 11.1 Å². The Labute approximate surface area is 124 Å². The number of hydrogen-bond donors (Lipinski definition) is 2. The summed E-state index contributed by atoms with van der Waals surface area (Å²) in [5.74, 6) is 1.72. The fourth-order valence-electron chi connectivity index (χ4n) is 1.95. The van der Waals surface area contributed by atoms with Crippen molar-refractivity contribution >= 4 is 5.84 Å². The van der Waals surface area contributed by atoms with Crippen molar-refractivity contribution in [3.05, 3.63) is 35.6 Å². The second kappa shape index (κ2) is 6.41. The quantitative estimate of drug-likeness (QED) is 0.649. The zero-order valence-corrected chi connectivity index (χ0v) is 12.5. The van der Waals surface area contributed by atoms with Gasteiger partial charge in [-0.15, -0.1) is 0 Å². The van der Waals surface area contributed by atoms with Crippen LogP contribution in [0.5, 0.6) is 5.75 Å². The van der Waals surface area contributed by atoms with Gasteiger partial charge in [0.05, 0.1) is 13.2 Å². The minimum absolute atomic E-state index is 0.306. The highest BCUT2D eigenvalue weighted by Crippen LogP contribution is 2.31. The number of rotatable bonds is 5. The lowest BCUT2D eigenvalue weighted by molar-refractivity contribution is 0.340. The van der Waals surface area contributed by atoms with Gasteiger partial charge in [0.2, 0.25) is 0 Å². The molecule has 2 rings (SSSR count). The lowest BCUT2D eigenvalue weighted by atomic mass is 10.1. The first kappa shape index (κ1) is 15.1. The highest BCUT2D eigenvalue weighted by atomic mass is 16.5. The number of hydrogen-bond acceptors (Lipinski definition) is 5. The Kier molecular flexibility index (Phi) is 4.59. The van der Waals surface area contributed by atoms with Gasteiger partial charge in [-0.25, -0.2) is 0 Å². The Bertz CT molecular complexity index is 634. The monoisotopic (exact) mass is 288 g/mol. The molecule has 112 valence electrons. The van der Waals surface area contributed by atoms with E-state index in [0.29, 0.717) is 36.2 Å². The molecule has 1 heterocycles. The van der Waals surface area contributed by atoms with Gasteiger partial charge in [-0.05, 0) is 19.1 Å². The van der Waals surface area contributed by atoms with Crippen LogP contribution in [0.3, 0.4) is 0 Å². The molecule has 1 aromatic carbocycles. The fourth-order valence-corrected chi connectivity index (χ4v) is 1.95. The number of nitrogens with two attached hydrogens (primary N) is 1. The normalized spacial score (nSPS) is 10.5. The summed E-state index contributed by atoms with van der Waals surface area (Å²) in [6, 6.07) is 7.40. The maximum atomic E-state index is 8.04. The second-order valence-electron chi connectivity index (χ2n) is 4.77. The number of amidine groups is 1. The van der Waals surface area contributed by atoms with Gasteiger partial charge in [0.25, 0.3) is 0 Å². The number of aromatic nitrogens is 1. The molecule has 0 aliphatic heterocycles. The largest absolute Gasteiger partial charge is 0.493 e. The lowest BCUT2D eigenvalue weighted by Crippen LogP contribution is -2.21. The molecule has 0 bridgehead atoms. The topological polar surface area (TPSA) is 88.4 Å². The molecule has 2 aromatic rings. The minimum atomic E-state index is 0.306. The summed E-state index contributed by atoms with van der Waals surface area (Å²) in [6.45, 7) is 2.76. The van der Waals surface area contributed by atoms with E-state index in [1.165, 1.54) is 0 Å². The zero-order chi connectivity index (χ0) is 15.4. The molecular weight excluding hydrogens is 268 g/mol. The SMILES string of the molecule is CCOc1cc(C(=N)N(C)C)ccc1-c1cc(CN)on1. The molecule has 0 unspecified atom stereocenters. The molecular formula is C15H20N4O2. The molecule has 0 fully saturated rings. The van der Waals surface area contributed by atoms with E-state index in [9.17, 15) is 0 Å². The van der Waals surface area contributed by atoms with Gasteiger partial charge in [-0.1, -0.05) is 11.2 Å². The maximum absolute atomic E-state index is 8.04. The van der Waals surface area contributed by atoms with Crippen LogP contribution in [0.25, 0.3) is 11.3 Å². The predicted octanol–water partition coefficient (Wildman–Crippen LogP) is 2.09. The first-order valence-electron chi connectivity index (χ1n) is 6.76. The summed E-state index contributed by atoms with van der Waals surface area (Å²) >= 11 is 0. The average Bonchev–Trinajstić information content (AvgIpc) is 2.95. The highest BCUT2D eigenvalue weighted by Gasteiger charge is 2.14. The van der Waals surface area contributed by atoms with Crippen molar-refractivity contribution < 1.29 is 9.26 Å². The van der Waals surface area contributed by atoms with E-state index in [1.54, 1.807) is 11.0 Å². The van der Waals surface area contributed by atoms with E-state index in [2.05, 4.69) is 5.16 Å². The van der Waals surface area contributed by atoms with Crippen LogP contribution in [0.1, 0.15) is 18.2 Å². The van der Waals surface area contributed by atoms with Crippen molar-refractivity contribution in [3.63, 3.8) is 0 Å². The van der Waals surface area contributed by atoms with Crippen molar-refractivity contribution in [2.24, 2.45) is 5.73 Å². The number of nitrogens with zero attached hydrogens (tertiary/aromatic N) is 2. The van der Waals surface area contributed by atoms with Crippen molar-refractivity contribution in [2.75, 3.05) is 20.7 Å². The van der Waals surface area contributed by atoms with Crippen LogP contribution in [-0.4, -0.2) is 36.6 Å². The summed E-state index contributed by atoms with van der Waals surface area (Å²) in [4.78, 5) is 1.74. The van der Waals surface area contributed by atoms with Crippen LogP contribution in [0.4, 0.5) is 0 Å². The van der Waals surface area contributed by atoms with Gasteiger partial charge < -0.3 is 19.9 Å². The smallest absolute Gasteiger partial charge is 0.150 e. The molecule has 21 heavy (non-hydrogen) atoms. The standard InChI is InChI=1S/C15H20N4O2/c1-4-20-14-7-10(15(17)19(2)3)5-6-12(14)13-8-11(9-16)21-18-13/h5-8,17H,4,9,16H2,1-3H3. The van der Waals surface area contributed by atoms with Crippen LogP contribution in [0.2, 0.25) is 0 Å². The molecule has 6 nitrogen and oxygen atoms in total. The summed E-state index contributed by atoms with van der Waals surface area (Å²) in [5, 5.41) is 12.1. The molecule has 0 radical (unpaired) electrons. The van der Waals surface area contributed by atoms with Crippen molar-refractivity contribution in [1.82, 2.24) is 10.1 Å².